The topological polar surface area (TPSA) is 38.9 Å². The maximum Gasteiger partial charge on any atom is 0.236 e. The predicted molar refractivity (Wildman–Crippen MR) is 58.6 cm³/mol. The van der Waals surface area contributed by atoms with Crippen molar-refractivity contribution in [2.24, 2.45) is 0 Å². The lowest BCUT2D eigenvalue weighted by Crippen LogP contribution is -2.19. The van der Waals surface area contributed by atoms with Gasteiger partial charge in [0.25, 0.3) is 0 Å². The van der Waals surface area contributed by atoms with Crippen LogP contribution in [0.15, 0.2) is 10.9 Å². The molecule has 0 aliphatic rings. The quantitative estimate of drug-likeness (QED) is 0.560. The van der Waals surface area contributed by atoms with E-state index >= 15 is 0 Å². The van der Waals surface area contributed by atoms with Crippen molar-refractivity contribution < 1.29 is 4.52 Å². The average molecular weight is 216 g/mol. The lowest BCUT2D eigenvalue weighted by Gasteiger charge is -2.14. The minimum atomic E-state index is -0.867. The molecule has 1 heterocycles. The number of aromatic nitrogens is 2. The predicted octanol–water partition coefficient (Wildman–Crippen LogP) is 2.64. The Morgan fingerprint density at radius 2 is 2.23 bits per heavy atom. The Bertz CT molecular complexity index is 233. The Morgan fingerprint density at radius 3 is 2.77 bits per heavy atom. The summed E-state index contributed by atoms with van der Waals surface area (Å²) >= 11 is 1.88. The van der Waals surface area contributed by atoms with Crippen molar-refractivity contribution in [3.05, 3.63) is 12.2 Å². The number of nitrogens with zero attached hydrogens (tertiary/aromatic N) is 2. The van der Waals surface area contributed by atoms with Gasteiger partial charge in [-0.3, -0.25) is 0 Å². The molecule has 13 heavy (non-hydrogen) atoms. The van der Waals surface area contributed by atoms with Gasteiger partial charge in [0.15, 0.2) is 6.33 Å². The number of hydrogen-bond donors (Lipinski definition) is 0. The molecule has 0 N–H and O–H groups in total. The monoisotopic (exact) mass is 216 g/mol. The van der Waals surface area contributed by atoms with Gasteiger partial charge in [0.1, 0.15) is 0 Å². The minimum absolute atomic E-state index is 0.737. The minimum Gasteiger partial charge on any atom is -0.339 e. The summed E-state index contributed by atoms with van der Waals surface area (Å²) in [7, 11) is -0.867. The van der Waals surface area contributed by atoms with Gasteiger partial charge in [-0.25, -0.2) is 0 Å². The molecule has 1 aromatic heterocycles. The van der Waals surface area contributed by atoms with Crippen LogP contribution in [0.1, 0.15) is 5.89 Å². The second-order valence-electron chi connectivity index (χ2n) is 4.20. The highest BCUT2D eigenvalue weighted by molar-refractivity contribution is 7.98. The van der Waals surface area contributed by atoms with E-state index in [1.165, 1.54) is 18.1 Å². The van der Waals surface area contributed by atoms with Crippen LogP contribution in [0.2, 0.25) is 25.7 Å². The van der Waals surface area contributed by atoms with Gasteiger partial charge in [0.05, 0.1) is 5.75 Å². The van der Waals surface area contributed by atoms with E-state index in [2.05, 4.69) is 29.8 Å². The first-order valence-electron chi connectivity index (χ1n) is 4.41. The van der Waals surface area contributed by atoms with Crippen molar-refractivity contribution >= 4 is 19.8 Å². The van der Waals surface area contributed by atoms with E-state index in [0.717, 1.165) is 11.6 Å². The Kier molecular flexibility index (Phi) is 3.99. The van der Waals surface area contributed by atoms with E-state index in [9.17, 15) is 0 Å². The summed E-state index contributed by atoms with van der Waals surface area (Å²) in [6.45, 7) is 7.17. The summed E-state index contributed by atoms with van der Waals surface area (Å²) in [5.41, 5.74) is 0. The largest absolute Gasteiger partial charge is 0.339 e. The fourth-order valence-electron chi connectivity index (χ4n) is 0.797. The Labute approximate surface area is 84.3 Å². The lowest BCUT2D eigenvalue weighted by molar-refractivity contribution is 0.390. The van der Waals surface area contributed by atoms with Crippen molar-refractivity contribution in [1.29, 1.82) is 0 Å². The molecule has 0 bridgehead atoms. The van der Waals surface area contributed by atoms with Crippen LogP contribution in [-0.2, 0) is 5.75 Å². The molecule has 1 aromatic rings. The summed E-state index contributed by atoms with van der Waals surface area (Å²) in [5, 5.41) is 3.56. The van der Waals surface area contributed by atoms with Gasteiger partial charge in [-0.15, -0.1) is 0 Å². The molecule has 0 amide bonds. The van der Waals surface area contributed by atoms with Crippen LogP contribution in [0.4, 0.5) is 0 Å². The third-order valence-electron chi connectivity index (χ3n) is 1.63. The molecule has 0 atom stereocenters. The molecule has 3 nitrogen and oxygen atoms in total. The van der Waals surface area contributed by atoms with Crippen molar-refractivity contribution in [1.82, 2.24) is 10.1 Å². The first kappa shape index (κ1) is 10.8. The fraction of sp³-hybridized carbons (Fsp3) is 0.750. The van der Waals surface area contributed by atoms with Gasteiger partial charge < -0.3 is 4.52 Å². The normalized spacial score (nSPS) is 11.9. The van der Waals surface area contributed by atoms with E-state index in [-0.39, 0.29) is 0 Å². The first-order chi connectivity index (χ1) is 6.08. The van der Waals surface area contributed by atoms with E-state index in [0.29, 0.717) is 0 Å². The highest BCUT2D eigenvalue weighted by Crippen LogP contribution is 2.16. The smallest absolute Gasteiger partial charge is 0.236 e. The van der Waals surface area contributed by atoms with Gasteiger partial charge in [-0.1, -0.05) is 24.8 Å². The Balaban J connectivity index is 2.09. The Hall–Kier alpha value is -0.293. The molecule has 0 aliphatic heterocycles. The number of thioether (sulfide) groups is 1. The van der Waals surface area contributed by atoms with Gasteiger partial charge in [0, 0.05) is 8.07 Å². The highest BCUT2D eigenvalue weighted by Gasteiger charge is 2.12. The molecule has 0 fully saturated rings. The lowest BCUT2D eigenvalue weighted by atomic mass is 10.8. The summed E-state index contributed by atoms with van der Waals surface area (Å²) in [4.78, 5) is 3.96. The van der Waals surface area contributed by atoms with Crippen molar-refractivity contribution in [2.75, 3.05) is 5.75 Å². The van der Waals surface area contributed by atoms with Gasteiger partial charge in [0.2, 0.25) is 5.89 Å². The van der Waals surface area contributed by atoms with Crippen LogP contribution in [0, 0.1) is 0 Å². The molecular formula is C8H16N2OSSi. The van der Waals surface area contributed by atoms with Crippen LogP contribution >= 0.6 is 11.8 Å². The van der Waals surface area contributed by atoms with Gasteiger partial charge >= 0.3 is 0 Å². The van der Waals surface area contributed by atoms with E-state index in [1.54, 1.807) is 0 Å². The van der Waals surface area contributed by atoms with Crippen molar-refractivity contribution in [3.63, 3.8) is 0 Å². The molecule has 0 unspecified atom stereocenters. The van der Waals surface area contributed by atoms with Gasteiger partial charge in [-0.2, -0.15) is 16.7 Å². The zero-order valence-electron chi connectivity index (χ0n) is 8.41. The molecule has 0 spiro atoms. The van der Waals surface area contributed by atoms with Crippen LogP contribution < -0.4 is 0 Å². The standard InChI is InChI=1S/C8H16N2OSSi/c1-13(2,3)5-4-12-6-8-9-7-10-11-8/h7H,4-6H2,1-3H3. The van der Waals surface area contributed by atoms with Crippen LogP contribution in [0.25, 0.3) is 0 Å². The fourth-order valence-corrected chi connectivity index (χ4v) is 4.27. The molecule has 0 saturated heterocycles. The molecule has 5 heteroatoms. The highest BCUT2D eigenvalue weighted by atomic mass is 32.2. The third-order valence-corrected chi connectivity index (χ3v) is 4.69. The summed E-state index contributed by atoms with van der Waals surface area (Å²) in [6, 6.07) is 1.35. The van der Waals surface area contributed by atoms with E-state index in [4.69, 9.17) is 4.52 Å². The third kappa shape index (κ3) is 5.10. The second-order valence-corrected chi connectivity index (χ2v) is 10.9. The molecule has 74 valence electrons. The van der Waals surface area contributed by atoms with E-state index in [1.807, 2.05) is 11.8 Å². The summed E-state index contributed by atoms with van der Waals surface area (Å²) in [6.07, 6.45) is 1.45. The van der Waals surface area contributed by atoms with Crippen molar-refractivity contribution in [2.45, 2.75) is 31.4 Å². The zero-order chi connectivity index (χ0) is 9.73. The molecule has 1 rings (SSSR count). The molecular weight excluding hydrogens is 200 g/mol. The summed E-state index contributed by atoms with van der Waals surface area (Å²) in [5.74, 6) is 2.79. The Morgan fingerprint density at radius 1 is 1.46 bits per heavy atom. The second kappa shape index (κ2) is 4.81. The van der Waals surface area contributed by atoms with Gasteiger partial charge in [-0.05, 0) is 11.8 Å². The average Bonchev–Trinajstić information content (AvgIpc) is 2.48. The molecule has 0 saturated carbocycles. The van der Waals surface area contributed by atoms with Crippen molar-refractivity contribution in [3.8, 4) is 0 Å². The van der Waals surface area contributed by atoms with Crippen LogP contribution in [0.5, 0.6) is 0 Å². The maximum absolute atomic E-state index is 4.90. The number of rotatable bonds is 5. The van der Waals surface area contributed by atoms with Crippen LogP contribution in [0.3, 0.4) is 0 Å². The van der Waals surface area contributed by atoms with E-state index < -0.39 is 8.07 Å². The maximum atomic E-state index is 4.90. The first-order valence-corrected chi connectivity index (χ1v) is 9.27. The molecule has 0 aliphatic carbocycles. The molecule has 0 aromatic carbocycles. The van der Waals surface area contributed by atoms with Crippen LogP contribution in [-0.4, -0.2) is 24.0 Å². The molecule has 0 radical (unpaired) electrons. The number of hydrogen-bond acceptors (Lipinski definition) is 4. The zero-order valence-corrected chi connectivity index (χ0v) is 10.2. The summed E-state index contributed by atoms with van der Waals surface area (Å²) < 4.78 is 4.90. The SMILES string of the molecule is C[Si](C)(C)CCSCc1ncno1.